The van der Waals surface area contributed by atoms with E-state index in [1.165, 1.54) is 30.5 Å². The van der Waals surface area contributed by atoms with Crippen molar-refractivity contribution in [3.05, 3.63) is 29.8 Å². The fourth-order valence-electron chi connectivity index (χ4n) is 2.97. The van der Waals surface area contributed by atoms with Crippen LogP contribution in [0.15, 0.2) is 24.3 Å². The topological polar surface area (TPSA) is 44.4 Å². The van der Waals surface area contributed by atoms with Gasteiger partial charge in [0, 0.05) is 31.4 Å². The van der Waals surface area contributed by atoms with Crippen molar-refractivity contribution < 1.29 is 4.79 Å². The first kappa shape index (κ1) is 13.3. The standard InChI is InChI=1S/C16H23N3O/c1-12(13-6-4-7-13)18-15-8-3-2-5-14(15)11-19-10-9-17-16(19)20/h2-3,5,8,12-13,18H,4,6-7,9-11H2,1H3,(H,17,20)/t12-/m1/s1. The van der Waals surface area contributed by atoms with Crippen LogP contribution in [0.4, 0.5) is 10.5 Å². The monoisotopic (exact) mass is 273 g/mol. The highest BCUT2D eigenvalue weighted by molar-refractivity contribution is 5.76. The number of carbonyl (C=O) groups excluding carboxylic acids is 1. The molecule has 0 bridgehead atoms. The summed E-state index contributed by atoms with van der Waals surface area (Å²) in [5, 5.41) is 6.50. The molecule has 2 N–H and O–H groups in total. The molecule has 20 heavy (non-hydrogen) atoms. The third-order valence-electron chi connectivity index (χ3n) is 4.56. The van der Waals surface area contributed by atoms with Crippen LogP contribution in [0.2, 0.25) is 0 Å². The first-order valence-corrected chi connectivity index (χ1v) is 7.61. The molecule has 1 saturated heterocycles. The maximum Gasteiger partial charge on any atom is 0.317 e. The molecule has 0 unspecified atom stereocenters. The Morgan fingerprint density at radius 3 is 2.85 bits per heavy atom. The summed E-state index contributed by atoms with van der Waals surface area (Å²) < 4.78 is 0. The van der Waals surface area contributed by atoms with Gasteiger partial charge in [-0.2, -0.15) is 0 Å². The second-order valence-corrected chi connectivity index (χ2v) is 5.93. The number of nitrogens with one attached hydrogen (secondary N) is 2. The Bertz CT molecular complexity index is 484. The Morgan fingerprint density at radius 2 is 2.20 bits per heavy atom. The highest BCUT2D eigenvalue weighted by atomic mass is 16.2. The predicted octanol–water partition coefficient (Wildman–Crippen LogP) is 2.81. The number of amides is 2. The van der Waals surface area contributed by atoms with E-state index in [0.29, 0.717) is 12.6 Å². The second kappa shape index (κ2) is 5.73. The fraction of sp³-hybridized carbons (Fsp3) is 0.562. The number of hydrogen-bond acceptors (Lipinski definition) is 2. The first-order chi connectivity index (χ1) is 9.74. The molecule has 1 saturated carbocycles. The van der Waals surface area contributed by atoms with E-state index in [0.717, 1.165) is 19.0 Å². The van der Waals surface area contributed by atoms with E-state index < -0.39 is 0 Å². The summed E-state index contributed by atoms with van der Waals surface area (Å²) >= 11 is 0. The number of carbonyl (C=O) groups is 1. The van der Waals surface area contributed by atoms with Crippen molar-refractivity contribution in [1.82, 2.24) is 10.2 Å². The zero-order chi connectivity index (χ0) is 13.9. The highest BCUT2D eigenvalue weighted by Gasteiger charge is 2.25. The van der Waals surface area contributed by atoms with Crippen LogP contribution in [0.3, 0.4) is 0 Å². The molecule has 0 aromatic heterocycles. The molecule has 108 valence electrons. The number of anilines is 1. The van der Waals surface area contributed by atoms with E-state index in [1.807, 2.05) is 11.0 Å². The Labute approximate surface area is 120 Å². The summed E-state index contributed by atoms with van der Waals surface area (Å²) in [6, 6.07) is 8.90. The van der Waals surface area contributed by atoms with Crippen LogP contribution in [-0.2, 0) is 6.54 Å². The molecule has 2 fully saturated rings. The Hall–Kier alpha value is -1.71. The van der Waals surface area contributed by atoms with Gasteiger partial charge in [-0.1, -0.05) is 24.6 Å². The number of rotatable bonds is 5. The number of benzene rings is 1. The van der Waals surface area contributed by atoms with Gasteiger partial charge in [0.25, 0.3) is 0 Å². The van der Waals surface area contributed by atoms with E-state index in [-0.39, 0.29) is 6.03 Å². The Balaban J connectivity index is 1.68. The molecule has 4 heteroatoms. The zero-order valence-corrected chi connectivity index (χ0v) is 12.1. The molecular weight excluding hydrogens is 250 g/mol. The molecule has 1 aliphatic heterocycles. The largest absolute Gasteiger partial charge is 0.382 e. The number of nitrogens with zero attached hydrogens (tertiary/aromatic N) is 1. The number of para-hydroxylation sites is 1. The highest BCUT2D eigenvalue weighted by Crippen LogP contribution is 2.31. The molecule has 4 nitrogen and oxygen atoms in total. The van der Waals surface area contributed by atoms with Gasteiger partial charge in [-0.05, 0) is 37.3 Å². The summed E-state index contributed by atoms with van der Waals surface area (Å²) in [5.41, 5.74) is 2.38. The van der Waals surface area contributed by atoms with Gasteiger partial charge >= 0.3 is 6.03 Å². The summed E-state index contributed by atoms with van der Waals surface area (Å²) in [6.45, 7) is 4.51. The average Bonchev–Trinajstić information content (AvgIpc) is 2.75. The van der Waals surface area contributed by atoms with Crippen molar-refractivity contribution >= 4 is 11.7 Å². The molecule has 3 rings (SSSR count). The minimum Gasteiger partial charge on any atom is -0.382 e. The zero-order valence-electron chi connectivity index (χ0n) is 12.1. The van der Waals surface area contributed by atoms with E-state index in [9.17, 15) is 4.79 Å². The third kappa shape index (κ3) is 2.74. The van der Waals surface area contributed by atoms with Crippen LogP contribution in [0.1, 0.15) is 31.7 Å². The van der Waals surface area contributed by atoms with Crippen molar-refractivity contribution in [2.24, 2.45) is 5.92 Å². The normalized spacial score (nSPS) is 20.4. The van der Waals surface area contributed by atoms with E-state index in [4.69, 9.17) is 0 Å². The van der Waals surface area contributed by atoms with Gasteiger partial charge in [0.05, 0.1) is 0 Å². The quantitative estimate of drug-likeness (QED) is 0.866. The van der Waals surface area contributed by atoms with Gasteiger partial charge in [-0.25, -0.2) is 4.79 Å². The molecular formula is C16H23N3O. The van der Waals surface area contributed by atoms with Gasteiger partial charge in [0.15, 0.2) is 0 Å². The van der Waals surface area contributed by atoms with Crippen LogP contribution in [0.5, 0.6) is 0 Å². The summed E-state index contributed by atoms with van der Waals surface area (Å²) in [5.74, 6) is 0.804. The van der Waals surface area contributed by atoms with Crippen LogP contribution in [-0.4, -0.2) is 30.1 Å². The molecule has 2 aliphatic rings. The lowest BCUT2D eigenvalue weighted by Gasteiger charge is -2.33. The van der Waals surface area contributed by atoms with Crippen molar-refractivity contribution in [2.45, 2.75) is 38.8 Å². The maximum absolute atomic E-state index is 11.7. The second-order valence-electron chi connectivity index (χ2n) is 5.93. The molecule has 1 aromatic carbocycles. The Morgan fingerprint density at radius 1 is 1.40 bits per heavy atom. The van der Waals surface area contributed by atoms with Gasteiger partial charge in [-0.15, -0.1) is 0 Å². The average molecular weight is 273 g/mol. The minimum atomic E-state index is 0.0480. The molecule has 2 amide bonds. The number of urea groups is 1. The van der Waals surface area contributed by atoms with Gasteiger partial charge in [0.2, 0.25) is 0 Å². The van der Waals surface area contributed by atoms with Crippen molar-refractivity contribution in [3.63, 3.8) is 0 Å². The maximum atomic E-state index is 11.7. The fourth-order valence-corrected chi connectivity index (χ4v) is 2.97. The number of hydrogen-bond donors (Lipinski definition) is 2. The lowest BCUT2D eigenvalue weighted by molar-refractivity contribution is 0.215. The van der Waals surface area contributed by atoms with Crippen LogP contribution in [0, 0.1) is 5.92 Å². The smallest absolute Gasteiger partial charge is 0.317 e. The summed E-state index contributed by atoms with van der Waals surface area (Å²) in [4.78, 5) is 13.5. The lowest BCUT2D eigenvalue weighted by atomic mass is 9.80. The van der Waals surface area contributed by atoms with Crippen LogP contribution >= 0.6 is 0 Å². The van der Waals surface area contributed by atoms with Gasteiger partial charge in [-0.3, -0.25) is 0 Å². The third-order valence-corrected chi connectivity index (χ3v) is 4.56. The molecule has 1 aliphatic carbocycles. The predicted molar refractivity (Wildman–Crippen MR) is 80.7 cm³/mol. The summed E-state index contributed by atoms with van der Waals surface area (Å²) in [7, 11) is 0. The minimum absolute atomic E-state index is 0.0480. The van der Waals surface area contributed by atoms with Crippen LogP contribution < -0.4 is 10.6 Å². The lowest BCUT2D eigenvalue weighted by Crippen LogP contribution is -2.32. The first-order valence-electron chi connectivity index (χ1n) is 7.61. The summed E-state index contributed by atoms with van der Waals surface area (Å²) in [6.07, 6.45) is 4.04. The van der Waals surface area contributed by atoms with E-state index >= 15 is 0 Å². The molecule has 0 spiro atoms. The van der Waals surface area contributed by atoms with Gasteiger partial charge < -0.3 is 15.5 Å². The van der Waals surface area contributed by atoms with Crippen molar-refractivity contribution in [1.29, 1.82) is 0 Å². The molecule has 1 atom stereocenters. The van der Waals surface area contributed by atoms with Gasteiger partial charge in [0.1, 0.15) is 0 Å². The van der Waals surface area contributed by atoms with E-state index in [2.05, 4.69) is 35.8 Å². The Kier molecular flexibility index (Phi) is 3.81. The van der Waals surface area contributed by atoms with Crippen LogP contribution in [0.25, 0.3) is 0 Å². The molecule has 1 heterocycles. The van der Waals surface area contributed by atoms with E-state index in [1.54, 1.807) is 0 Å². The molecule has 0 radical (unpaired) electrons. The van der Waals surface area contributed by atoms with Crippen molar-refractivity contribution in [2.75, 3.05) is 18.4 Å². The SMILES string of the molecule is C[C@@H](Nc1ccccc1CN1CCNC1=O)C1CCC1. The molecule has 1 aromatic rings. The van der Waals surface area contributed by atoms with Crippen molar-refractivity contribution in [3.8, 4) is 0 Å².